The van der Waals surface area contributed by atoms with Crippen LogP contribution in [0.2, 0.25) is 0 Å². The molecule has 0 fully saturated rings. The summed E-state index contributed by atoms with van der Waals surface area (Å²) in [5.74, 6) is -0.436. The zero-order chi connectivity index (χ0) is 15.5. The molecule has 0 aromatic heterocycles. The Kier molecular flexibility index (Phi) is 4.26. The maximum atomic E-state index is 13.0. The van der Waals surface area contributed by atoms with Crippen molar-refractivity contribution in [2.45, 2.75) is 11.8 Å². The smallest absolute Gasteiger partial charge is 0.234 e. The van der Waals surface area contributed by atoms with Gasteiger partial charge in [-0.1, -0.05) is 24.3 Å². The van der Waals surface area contributed by atoms with Crippen molar-refractivity contribution in [3.8, 4) is 0 Å². The first-order valence-corrected chi connectivity index (χ1v) is 7.62. The van der Waals surface area contributed by atoms with E-state index in [0.717, 1.165) is 9.87 Å². The fourth-order valence-corrected chi connectivity index (χ4v) is 3.10. The molecule has 0 atom stereocenters. The lowest BCUT2D eigenvalue weighted by Gasteiger charge is -2.19. The zero-order valence-corrected chi connectivity index (χ0v) is 12.3. The van der Waals surface area contributed by atoms with Crippen molar-refractivity contribution < 1.29 is 12.8 Å². The van der Waals surface area contributed by atoms with Gasteiger partial charge >= 0.3 is 0 Å². The maximum Gasteiger partial charge on any atom is 0.268 e. The van der Waals surface area contributed by atoms with E-state index in [2.05, 4.69) is 12.3 Å². The Hall–Kier alpha value is -2.36. The molecule has 0 radical (unpaired) electrons. The molecule has 0 spiro atoms. The van der Waals surface area contributed by atoms with Crippen LogP contribution in [0.25, 0.3) is 0 Å². The van der Waals surface area contributed by atoms with Crippen molar-refractivity contribution in [1.82, 2.24) is 0 Å². The largest absolute Gasteiger partial charge is 0.268 e. The van der Waals surface area contributed by atoms with E-state index in [1.165, 1.54) is 42.6 Å². The third-order valence-corrected chi connectivity index (χ3v) is 4.57. The van der Waals surface area contributed by atoms with Crippen LogP contribution in [-0.4, -0.2) is 8.42 Å². The molecule has 108 valence electrons. The first-order chi connectivity index (χ1) is 9.95. The van der Waals surface area contributed by atoms with Crippen molar-refractivity contribution in [2.75, 3.05) is 4.31 Å². The highest BCUT2D eigenvalue weighted by molar-refractivity contribution is 7.93. The highest BCUT2D eigenvalue weighted by Gasteiger charge is 2.23. The molecule has 2 rings (SSSR count). The number of nitrogens with zero attached hydrogens (tertiary/aromatic N) is 1. The molecule has 2 aromatic rings. The Balaban J connectivity index is 2.53. The van der Waals surface area contributed by atoms with Crippen molar-refractivity contribution in [3.05, 3.63) is 78.4 Å². The average molecular weight is 303 g/mol. The van der Waals surface area contributed by atoms with Crippen LogP contribution in [0.3, 0.4) is 0 Å². The maximum absolute atomic E-state index is 13.0. The minimum atomic E-state index is -3.79. The fraction of sp³-hybridized carbons (Fsp3) is 0.0625. The molecule has 0 aliphatic rings. The summed E-state index contributed by atoms with van der Waals surface area (Å²) in [7, 11) is -3.79. The van der Waals surface area contributed by atoms with Crippen LogP contribution < -0.4 is 4.31 Å². The van der Waals surface area contributed by atoms with Gasteiger partial charge in [-0.2, -0.15) is 0 Å². The van der Waals surface area contributed by atoms with Gasteiger partial charge in [0.1, 0.15) is 5.82 Å². The van der Waals surface area contributed by atoms with Gasteiger partial charge in [-0.3, -0.25) is 0 Å². The molecular weight excluding hydrogens is 289 g/mol. The van der Waals surface area contributed by atoms with Crippen molar-refractivity contribution in [2.24, 2.45) is 0 Å². The highest BCUT2D eigenvalue weighted by Crippen LogP contribution is 2.24. The SMILES string of the molecule is C=C=CN(c1ccc(F)cc1)S(=O)(=O)c1ccc(C)cc1. The molecule has 0 heterocycles. The number of halogens is 1. The monoisotopic (exact) mass is 303 g/mol. The predicted molar refractivity (Wildman–Crippen MR) is 81.0 cm³/mol. The van der Waals surface area contributed by atoms with Crippen LogP contribution in [0.4, 0.5) is 10.1 Å². The lowest BCUT2D eigenvalue weighted by Crippen LogP contribution is -2.25. The molecule has 0 aliphatic heterocycles. The molecule has 3 nitrogen and oxygen atoms in total. The summed E-state index contributed by atoms with van der Waals surface area (Å²) in [6.07, 6.45) is 1.21. The summed E-state index contributed by atoms with van der Waals surface area (Å²) >= 11 is 0. The standard InChI is InChI=1S/C16H14FNO2S/c1-3-12-18(15-8-6-14(17)7-9-15)21(19,20)16-10-4-13(2)5-11-16/h4-12H,1H2,2H3. The quantitative estimate of drug-likeness (QED) is 0.809. The number of hydrogen-bond donors (Lipinski definition) is 0. The second-order valence-corrected chi connectivity index (χ2v) is 6.24. The van der Waals surface area contributed by atoms with Crippen LogP contribution in [0.15, 0.2) is 71.9 Å². The van der Waals surface area contributed by atoms with Crippen molar-refractivity contribution in [1.29, 1.82) is 0 Å². The fourth-order valence-electron chi connectivity index (χ4n) is 1.78. The van der Waals surface area contributed by atoms with E-state index < -0.39 is 15.8 Å². The Morgan fingerprint density at radius 1 is 1.10 bits per heavy atom. The van der Waals surface area contributed by atoms with E-state index in [9.17, 15) is 12.8 Å². The van der Waals surface area contributed by atoms with Gasteiger partial charge < -0.3 is 0 Å². The molecule has 21 heavy (non-hydrogen) atoms. The lowest BCUT2D eigenvalue weighted by molar-refractivity contribution is 0.595. The Morgan fingerprint density at radius 3 is 2.19 bits per heavy atom. The van der Waals surface area contributed by atoms with E-state index in [4.69, 9.17) is 0 Å². The van der Waals surface area contributed by atoms with Gasteiger partial charge in [0.05, 0.1) is 16.8 Å². The van der Waals surface area contributed by atoms with Crippen LogP contribution in [0.1, 0.15) is 5.56 Å². The second kappa shape index (κ2) is 5.95. The third kappa shape index (κ3) is 3.21. The van der Waals surface area contributed by atoms with E-state index in [1.54, 1.807) is 12.1 Å². The van der Waals surface area contributed by atoms with Crippen molar-refractivity contribution >= 4 is 15.7 Å². The summed E-state index contributed by atoms with van der Waals surface area (Å²) in [4.78, 5) is 0.143. The molecule has 5 heteroatoms. The second-order valence-electron chi connectivity index (χ2n) is 4.42. The topological polar surface area (TPSA) is 37.4 Å². The normalized spacial score (nSPS) is 10.8. The Labute approximate surface area is 123 Å². The van der Waals surface area contributed by atoms with Gasteiger partial charge in [0, 0.05) is 0 Å². The molecule has 0 aliphatic carbocycles. The first-order valence-electron chi connectivity index (χ1n) is 6.18. The van der Waals surface area contributed by atoms with E-state index in [-0.39, 0.29) is 4.90 Å². The Bertz CT molecular complexity index is 774. The summed E-state index contributed by atoms with van der Waals surface area (Å²) in [6, 6.07) is 11.6. The van der Waals surface area contributed by atoms with Gasteiger partial charge in [-0.15, -0.1) is 5.73 Å². The average Bonchev–Trinajstić information content (AvgIpc) is 2.46. The molecule has 0 N–H and O–H groups in total. The zero-order valence-electron chi connectivity index (χ0n) is 11.5. The summed E-state index contributed by atoms with van der Waals surface area (Å²) in [5, 5.41) is 0. The molecule has 0 unspecified atom stereocenters. The van der Waals surface area contributed by atoms with Crippen LogP contribution in [-0.2, 0) is 10.0 Å². The number of rotatable bonds is 4. The lowest BCUT2D eigenvalue weighted by atomic mass is 10.2. The number of hydrogen-bond acceptors (Lipinski definition) is 2. The van der Waals surface area contributed by atoms with Gasteiger partial charge in [0.25, 0.3) is 10.0 Å². The molecule has 0 saturated heterocycles. The highest BCUT2D eigenvalue weighted by atomic mass is 32.2. The van der Waals surface area contributed by atoms with Gasteiger partial charge in [0.2, 0.25) is 0 Å². The first kappa shape index (κ1) is 15.0. The molecule has 2 aromatic carbocycles. The van der Waals surface area contributed by atoms with Crippen LogP contribution >= 0.6 is 0 Å². The van der Waals surface area contributed by atoms with E-state index in [0.29, 0.717) is 5.69 Å². The minimum Gasteiger partial charge on any atom is -0.234 e. The number of anilines is 1. The third-order valence-electron chi connectivity index (χ3n) is 2.87. The van der Waals surface area contributed by atoms with Gasteiger partial charge in [0.15, 0.2) is 0 Å². The number of benzene rings is 2. The Morgan fingerprint density at radius 2 is 1.67 bits per heavy atom. The van der Waals surface area contributed by atoms with Crippen molar-refractivity contribution in [3.63, 3.8) is 0 Å². The van der Waals surface area contributed by atoms with Gasteiger partial charge in [-0.05, 0) is 43.3 Å². The minimum absolute atomic E-state index is 0.143. The van der Waals surface area contributed by atoms with E-state index in [1.807, 2.05) is 6.92 Å². The number of sulfonamides is 1. The van der Waals surface area contributed by atoms with Crippen LogP contribution in [0.5, 0.6) is 0 Å². The summed E-state index contributed by atoms with van der Waals surface area (Å²) in [5.41, 5.74) is 3.72. The number of aryl methyl sites for hydroxylation is 1. The predicted octanol–water partition coefficient (Wildman–Crippen LogP) is 3.63. The molecule has 0 bridgehead atoms. The molecule has 0 saturated carbocycles. The molecule has 0 amide bonds. The summed E-state index contributed by atoms with van der Waals surface area (Å²) < 4.78 is 39.3. The summed E-state index contributed by atoms with van der Waals surface area (Å²) in [6.45, 7) is 5.28. The van der Waals surface area contributed by atoms with E-state index >= 15 is 0 Å². The van der Waals surface area contributed by atoms with Crippen LogP contribution in [0, 0.1) is 12.7 Å². The molecular formula is C16H14FNO2S. The van der Waals surface area contributed by atoms with Gasteiger partial charge in [-0.25, -0.2) is 17.1 Å².